The van der Waals surface area contributed by atoms with Crippen LogP contribution in [-0.4, -0.2) is 50.8 Å². The molecule has 0 spiro atoms. The maximum absolute atomic E-state index is 10.7. The number of carbonyl (C=O) groups excluding carboxylic acids is 6. The molecule has 0 fully saturated rings. The van der Waals surface area contributed by atoms with Crippen molar-refractivity contribution in [2.45, 2.75) is 0 Å². The Morgan fingerprint density at radius 2 is 0.488 bits per heavy atom. The molecule has 41 heavy (non-hydrogen) atoms. The summed E-state index contributed by atoms with van der Waals surface area (Å²) < 4.78 is 0. The van der Waals surface area contributed by atoms with Crippen molar-refractivity contribution in [2.75, 3.05) is 0 Å². The fourth-order valence-electron chi connectivity index (χ4n) is 2.29. The predicted octanol–water partition coefficient (Wildman–Crippen LogP) is -8.70. The van der Waals surface area contributed by atoms with Crippen LogP contribution in [0.25, 0.3) is 0 Å². The first-order valence-corrected chi connectivity index (χ1v) is 9.53. The zero-order valence-corrected chi connectivity index (χ0v) is 22.0. The molecule has 3 N–H and O–H groups in total. The molecule has 0 aliphatic carbocycles. The zero-order chi connectivity index (χ0) is 30.0. The van der Waals surface area contributed by atoms with Gasteiger partial charge in [0, 0.05) is 36.4 Å². The van der Waals surface area contributed by atoms with E-state index in [1.807, 2.05) is 15.0 Å². The van der Waals surface area contributed by atoms with Gasteiger partial charge in [-0.1, -0.05) is 0 Å². The Balaban J connectivity index is 0. The average Bonchev–Trinajstić information content (AvgIpc) is 2.83. The fraction of sp³-hybridized carbons (Fsp3) is 0. The smallest absolute Gasteiger partial charge is 0.543 e. The normalized spacial score (nSPS) is 9.07. The second kappa shape index (κ2) is 16.6. The van der Waals surface area contributed by atoms with Crippen LogP contribution < -0.4 is 46.9 Å². The number of hydrogen-bond acceptors (Lipinski definition) is 15. The van der Waals surface area contributed by atoms with Crippen LogP contribution in [0.5, 0.6) is 0 Å². The Hall–Kier alpha value is -5.27. The van der Waals surface area contributed by atoms with E-state index >= 15 is 0 Å². The van der Waals surface area contributed by atoms with Gasteiger partial charge in [-0.05, 0) is 0 Å². The molecule has 3 aromatic heterocycles. The average molecular weight is 647 g/mol. The monoisotopic (exact) mass is 647 g/mol. The summed E-state index contributed by atoms with van der Waals surface area (Å²) in [5, 5.41) is 61.4. The van der Waals surface area contributed by atoms with E-state index in [0.717, 1.165) is 36.4 Å². The summed E-state index contributed by atoms with van der Waals surface area (Å²) in [4.78, 5) is 99.4. The first kappa shape index (κ1) is 37.9. The summed E-state index contributed by atoms with van der Waals surface area (Å²) in [6.45, 7) is 0. The number of carboxylic acid groups (broad SMARTS) is 6. The van der Waals surface area contributed by atoms with Crippen molar-refractivity contribution in [3.05, 3.63) is 101 Å². The van der Waals surface area contributed by atoms with Crippen LogP contribution in [0.15, 0.2) is 50.8 Å². The summed E-state index contributed by atoms with van der Waals surface area (Å²) in [6.07, 6.45) is 0. The van der Waals surface area contributed by atoms with Crippen molar-refractivity contribution in [2.24, 2.45) is 0 Å². The molecule has 0 atom stereocenters. The number of aromatic amines is 3. The van der Waals surface area contributed by atoms with E-state index in [-0.39, 0.29) is 34.7 Å². The maximum Gasteiger partial charge on any atom is 3.00 e. The molecular weight excluding hydrogens is 638 g/mol. The van der Waals surface area contributed by atoms with E-state index in [1.165, 1.54) is 0 Å². The van der Waals surface area contributed by atoms with Crippen molar-refractivity contribution in [3.63, 3.8) is 0 Å². The third-order valence-corrected chi connectivity index (χ3v) is 3.85. The maximum atomic E-state index is 10.7. The van der Waals surface area contributed by atoms with E-state index < -0.39 is 86.3 Å². The van der Waals surface area contributed by atoms with Crippen LogP contribution >= 0.6 is 0 Å². The largest absolute Gasteiger partial charge is 3.00 e. The molecule has 0 aliphatic heterocycles. The van der Waals surface area contributed by atoms with E-state index in [2.05, 4.69) is 0 Å². The summed E-state index contributed by atoms with van der Waals surface area (Å²) in [5.41, 5.74) is -5.76. The van der Waals surface area contributed by atoms with Gasteiger partial charge in [-0.15, -0.1) is 0 Å². The minimum absolute atomic E-state index is 0. The van der Waals surface area contributed by atoms with Crippen LogP contribution in [-0.2, 0) is 34.7 Å². The number of nitrogens with one attached hydrogen (secondary N) is 3. The van der Waals surface area contributed by atoms with E-state index in [4.69, 9.17) is 0 Å². The van der Waals surface area contributed by atoms with Crippen LogP contribution in [0.1, 0.15) is 62.9 Å². The molecule has 0 aromatic carbocycles. The van der Waals surface area contributed by atoms with Gasteiger partial charge in [0.1, 0.15) is 0 Å². The summed E-state index contributed by atoms with van der Waals surface area (Å²) in [7, 11) is 0. The molecule has 0 aliphatic rings. The molecule has 3 heterocycles. The van der Waals surface area contributed by atoms with Crippen molar-refractivity contribution >= 4 is 35.8 Å². The van der Waals surface area contributed by atoms with Crippen molar-refractivity contribution in [1.82, 2.24) is 15.0 Å². The van der Waals surface area contributed by atoms with Crippen LogP contribution in [0.3, 0.4) is 0 Å². The number of carboxylic acids is 6. The minimum Gasteiger partial charge on any atom is -0.543 e. The first-order valence-electron chi connectivity index (χ1n) is 9.53. The second-order valence-corrected chi connectivity index (χ2v) is 6.65. The van der Waals surface area contributed by atoms with Crippen LogP contribution in [0.2, 0.25) is 0 Å². The summed E-state index contributed by atoms with van der Waals surface area (Å²) >= 11 is 0. The molecule has 0 saturated carbocycles. The fourth-order valence-corrected chi connectivity index (χ4v) is 2.29. The number of rotatable bonds is 6. The van der Waals surface area contributed by atoms with Gasteiger partial charge in [0.2, 0.25) is 0 Å². The number of carbonyl (C=O) groups is 6. The van der Waals surface area contributed by atoms with Gasteiger partial charge < -0.3 is 74.4 Å². The summed E-state index contributed by atoms with van der Waals surface area (Å²) in [6, 6.07) is 4.34. The SMILES string of the molecule is O=C([O-])c1cc(=O)cc(C(=O)[O-])[nH]1.O=C([O-])c1cc(=O)cc(C(=O)[O-])[nH]1.O=C([O-])c1cc(=O)cc(C(=O)[O-])[nH]1.[Cr+3].[Cr+3]. The number of pyridine rings is 3. The van der Waals surface area contributed by atoms with Gasteiger partial charge in [-0.25, -0.2) is 0 Å². The molecular formula is C21H9Cr2N3O15. The molecule has 2 radical (unpaired) electrons. The number of hydrogen-bond donors (Lipinski definition) is 3. The molecule has 3 aromatic rings. The molecule has 210 valence electrons. The van der Waals surface area contributed by atoms with Gasteiger partial charge in [0.15, 0.2) is 16.3 Å². The topological polar surface area (TPSA) is 339 Å². The van der Waals surface area contributed by atoms with Gasteiger partial charge in [-0.3, -0.25) is 14.4 Å². The first-order chi connectivity index (χ1) is 18.0. The van der Waals surface area contributed by atoms with Crippen molar-refractivity contribution in [3.8, 4) is 0 Å². The van der Waals surface area contributed by atoms with Crippen LogP contribution in [0.4, 0.5) is 0 Å². The Morgan fingerprint density at radius 1 is 0.366 bits per heavy atom. The zero-order valence-electron chi connectivity index (χ0n) is 19.4. The standard InChI is InChI=1S/3C7H5NO5.2Cr/c3*9-3-1-4(6(10)11)8-5(2-3)7(12)13;;/h3*1-2H,(H,8,9)(H,10,11)(H,12,13);;/q;;;2*+3/p-6. The van der Waals surface area contributed by atoms with E-state index in [9.17, 15) is 73.8 Å². The molecule has 0 saturated heterocycles. The molecule has 0 bridgehead atoms. The Kier molecular flexibility index (Phi) is 15.4. The van der Waals surface area contributed by atoms with Gasteiger partial charge in [0.05, 0.1) is 70.0 Å². The minimum atomic E-state index is -1.65. The predicted molar refractivity (Wildman–Crippen MR) is 107 cm³/mol. The quantitative estimate of drug-likeness (QED) is 0.224. The molecule has 0 unspecified atom stereocenters. The van der Waals surface area contributed by atoms with E-state index in [1.54, 1.807) is 0 Å². The molecule has 0 amide bonds. The van der Waals surface area contributed by atoms with Crippen LogP contribution in [0, 0.1) is 0 Å². The second-order valence-electron chi connectivity index (χ2n) is 6.65. The van der Waals surface area contributed by atoms with E-state index in [0.29, 0.717) is 0 Å². The third-order valence-electron chi connectivity index (χ3n) is 3.85. The number of H-pyrrole nitrogens is 3. The van der Waals surface area contributed by atoms with Crippen molar-refractivity contribution in [1.29, 1.82) is 0 Å². The van der Waals surface area contributed by atoms with Gasteiger partial charge in [-0.2, -0.15) is 0 Å². The Bertz CT molecular complexity index is 1360. The third kappa shape index (κ3) is 12.4. The summed E-state index contributed by atoms with van der Waals surface area (Å²) in [5.74, 6) is -9.92. The number of aromatic nitrogens is 3. The van der Waals surface area contributed by atoms with Gasteiger partial charge >= 0.3 is 34.7 Å². The molecule has 18 nitrogen and oxygen atoms in total. The number of aromatic carboxylic acids is 6. The van der Waals surface area contributed by atoms with Crippen molar-refractivity contribution < 1.29 is 94.1 Å². The molecule has 20 heteroatoms. The Morgan fingerprint density at radius 3 is 0.585 bits per heavy atom. The van der Waals surface area contributed by atoms with Gasteiger partial charge in [0.25, 0.3) is 0 Å². The molecule has 3 rings (SSSR count). The Labute approximate surface area is 245 Å².